The Labute approximate surface area is 261 Å². The lowest BCUT2D eigenvalue weighted by atomic mass is 10.1. The van der Waals surface area contributed by atoms with Gasteiger partial charge in [0.15, 0.2) is 5.69 Å². The third kappa shape index (κ3) is 6.67. The number of benzene rings is 3. The third-order valence-corrected chi connectivity index (χ3v) is 7.99. The summed E-state index contributed by atoms with van der Waals surface area (Å²) >= 11 is 30.9. The Hall–Kier alpha value is -2.78. The Kier molecular flexibility index (Phi) is 9.14. The minimum atomic E-state index is -0.549. The number of nitrogens with one attached hydrogen (secondary N) is 1. The molecule has 1 aliphatic rings. The van der Waals surface area contributed by atoms with Crippen LogP contribution in [0.1, 0.15) is 39.3 Å². The second-order valence-corrected chi connectivity index (χ2v) is 11.6. The van der Waals surface area contributed by atoms with Gasteiger partial charge < -0.3 is 4.74 Å². The van der Waals surface area contributed by atoms with E-state index in [-0.39, 0.29) is 16.3 Å². The normalized spacial score (nSPS) is 15.5. The molecule has 4 aromatic rings. The van der Waals surface area contributed by atoms with Crippen LogP contribution < -0.4 is 5.43 Å². The molecule has 0 aliphatic carbocycles. The number of piperidine rings is 1. The van der Waals surface area contributed by atoms with Gasteiger partial charge in [0.1, 0.15) is 6.10 Å². The largest absolute Gasteiger partial charge is 0.457 e. The molecule has 1 aromatic heterocycles. The molecule has 1 fully saturated rings. The molecule has 3 aromatic carbocycles. The first-order valence-electron chi connectivity index (χ1n) is 12.6. The average molecular weight is 653 g/mol. The fourth-order valence-corrected chi connectivity index (χ4v) is 5.79. The Balaban J connectivity index is 1.38. The summed E-state index contributed by atoms with van der Waals surface area (Å²) in [6, 6.07) is 16.9. The van der Waals surface area contributed by atoms with E-state index in [0.29, 0.717) is 63.0 Å². The highest BCUT2D eigenvalue weighted by Crippen LogP contribution is 2.33. The van der Waals surface area contributed by atoms with E-state index in [1.54, 1.807) is 46.1 Å². The number of aromatic nitrogens is 2. The van der Waals surface area contributed by atoms with Crippen LogP contribution in [0.25, 0.3) is 16.9 Å². The van der Waals surface area contributed by atoms with Gasteiger partial charge in [-0.25, -0.2) is 14.5 Å². The van der Waals surface area contributed by atoms with Crippen LogP contribution in [-0.4, -0.2) is 45.9 Å². The van der Waals surface area contributed by atoms with Gasteiger partial charge in [0.25, 0.3) is 5.91 Å². The van der Waals surface area contributed by atoms with Crippen LogP contribution in [0.2, 0.25) is 25.1 Å². The molecule has 1 aliphatic heterocycles. The summed E-state index contributed by atoms with van der Waals surface area (Å²) < 4.78 is 7.32. The minimum Gasteiger partial charge on any atom is -0.457 e. The van der Waals surface area contributed by atoms with Crippen molar-refractivity contribution in [3.05, 3.63) is 103 Å². The van der Waals surface area contributed by atoms with Crippen LogP contribution in [0.4, 0.5) is 0 Å². The number of hydrogen-bond acceptors (Lipinski definition) is 5. The minimum absolute atomic E-state index is 0.215. The summed E-state index contributed by atoms with van der Waals surface area (Å²) in [7, 11) is 0. The van der Waals surface area contributed by atoms with Crippen molar-refractivity contribution in [3.8, 4) is 16.9 Å². The van der Waals surface area contributed by atoms with Gasteiger partial charge in [-0.15, -0.1) is 0 Å². The summed E-state index contributed by atoms with van der Waals surface area (Å²) in [4.78, 5) is 26.3. The van der Waals surface area contributed by atoms with Gasteiger partial charge in [0.2, 0.25) is 0 Å². The molecule has 1 unspecified atom stereocenters. The van der Waals surface area contributed by atoms with E-state index in [2.05, 4.69) is 10.5 Å². The molecule has 212 valence electrons. The molecule has 1 atom stereocenters. The van der Waals surface area contributed by atoms with Gasteiger partial charge in [-0.05, 0) is 68.3 Å². The Morgan fingerprint density at radius 1 is 0.902 bits per heavy atom. The van der Waals surface area contributed by atoms with Gasteiger partial charge in [-0.3, -0.25) is 10.2 Å². The van der Waals surface area contributed by atoms with Gasteiger partial charge >= 0.3 is 5.97 Å². The summed E-state index contributed by atoms with van der Waals surface area (Å²) in [5, 5.41) is 8.47. The number of nitrogens with zero attached hydrogens (tertiary/aromatic N) is 3. The maximum atomic E-state index is 13.5. The monoisotopic (exact) mass is 650 g/mol. The maximum Gasteiger partial charge on any atom is 0.339 e. The highest BCUT2D eigenvalue weighted by molar-refractivity contribution is 6.37. The number of hydrazine groups is 1. The molecule has 1 amide bonds. The first kappa shape index (κ1) is 29.7. The number of carbonyl (C=O) groups excluding carboxylic acids is 2. The van der Waals surface area contributed by atoms with E-state index in [4.69, 9.17) is 62.7 Å². The number of rotatable bonds is 6. The number of amides is 1. The first-order valence-corrected chi connectivity index (χ1v) is 14.5. The van der Waals surface area contributed by atoms with E-state index in [1.165, 1.54) is 12.1 Å². The highest BCUT2D eigenvalue weighted by Gasteiger charge is 2.28. The van der Waals surface area contributed by atoms with Gasteiger partial charge in [-0.1, -0.05) is 70.1 Å². The fraction of sp³-hybridized carbons (Fsp3) is 0.207. The number of hydrogen-bond donors (Lipinski definition) is 1. The summed E-state index contributed by atoms with van der Waals surface area (Å²) in [6.07, 6.45) is 0.905. The van der Waals surface area contributed by atoms with Gasteiger partial charge in [0, 0.05) is 32.7 Å². The fourth-order valence-electron chi connectivity index (χ4n) is 4.69. The van der Waals surface area contributed by atoms with Gasteiger partial charge in [-0.2, -0.15) is 5.10 Å². The van der Waals surface area contributed by atoms with E-state index in [0.717, 1.165) is 5.56 Å². The molecule has 41 heavy (non-hydrogen) atoms. The van der Waals surface area contributed by atoms with Crippen LogP contribution >= 0.6 is 58.0 Å². The SMILES string of the molecule is Cc1c(C(=O)NN2CCCC(OC(=O)c3ccc(Cl)cc3Cl)C2)nn(-c2ccc(Cl)cc2Cl)c1-c1ccc(Cl)cc1. The van der Waals surface area contributed by atoms with Crippen molar-refractivity contribution in [2.45, 2.75) is 25.9 Å². The van der Waals surface area contributed by atoms with Crippen LogP contribution in [-0.2, 0) is 4.74 Å². The van der Waals surface area contributed by atoms with Crippen LogP contribution in [0.3, 0.4) is 0 Å². The van der Waals surface area contributed by atoms with E-state index < -0.39 is 18.0 Å². The number of halogens is 5. The predicted molar refractivity (Wildman–Crippen MR) is 163 cm³/mol. The average Bonchev–Trinajstić information content (AvgIpc) is 3.26. The van der Waals surface area contributed by atoms with Crippen LogP contribution in [0.15, 0.2) is 60.7 Å². The molecule has 2 heterocycles. The maximum absolute atomic E-state index is 13.5. The van der Waals surface area contributed by atoms with E-state index >= 15 is 0 Å². The molecular formula is C29H23Cl5N4O3. The van der Waals surface area contributed by atoms with Crippen molar-refractivity contribution in [1.82, 2.24) is 20.2 Å². The number of carbonyl (C=O) groups is 2. The molecule has 0 saturated carbocycles. The standard InChI is InChI=1S/C29H23Cl5N4O3/c1-16-26(35-38(25-11-9-20(32)14-24(25)34)27(16)17-4-6-18(30)7-5-17)28(39)36-37-12-2-3-21(15-37)41-29(40)22-10-8-19(31)13-23(22)33/h4-11,13-14,21H,2-3,12,15H2,1H3,(H,36,39). The summed E-state index contributed by atoms with van der Waals surface area (Å²) in [5.74, 6) is -0.957. The second-order valence-electron chi connectivity index (χ2n) is 9.52. The van der Waals surface area contributed by atoms with Gasteiger partial charge in [0.05, 0.1) is 33.5 Å². The lowest BCUT2D eigenvalue weighted by molar-refractivity contribution is -0.00203. The van der Waals surface area contributed by atoms with E-state index in [1.807, 2.05) is 19.1 Å². The van der Waals surface area contributed by atoms with Crippen molar-refractivity contribution in [2.24, 2.45) is 0 Å². The Morgan fingerprint density at radius 3 is 2.24 bits per heavy atom. The molecule has 1 saturated heterocycles. The van der Waals surface area contributed by atoms with Crippen LogP contribution in [0.5, 0.6) is 0 Å². The third-order valence-electron chi connectivity index (χ3n) is 6.66. The second kappa shape index (κ2) is 12.6. The Bertz CT molecular complexity index is 1620. The number of esters is 1. The van der Waals surface area contributed by atoms with Crippen molar-refractivity contribution in [1.29, 1.82) is 0 Å². The van der Waals surface area contributed by atoms with Crippen molar-refractivity contribution < 1.29 is 14.3 Å². The molecule has 0 spiro atoms. The quantitative estimate of drug-likeness (QED) is 0.213. The molecule has 1 N–H and O–H groups in total. The molecular weight excluding hydrogens is 630 g/mol. The van der Waals surface area contributed by atoms with E-state index in [9.17, 15) is 9.59 Å². The topological polar surface area (TPSA) is 76.5 Å². The van der Waals surface area contributed by atoms with Crippen LogP contribution in [0, 0.1) is 6.92 Å². The smallest absolute Gasteiger partial charge is 0.339 e. The Morgan fingerprint density at radius 2 is 1.56 bits per heavy atom. The predicted octanol–water partition coefficient (Wildman–Crippen LogP) is 8.08. The number of ether oxygens (including phenoxy) is 1. The zero-order chi connectivity index (χ0) is 29.3. The zero-order valence-corrected chi connectivity index (χ0v) is 25.4. The lowest BCUT2D eigenvalue weighted by Crippen LogP contribution is -2.50. The molecule has 7 nitrogen and oxygen atoms in total. The summed E-state index contributed by atoms with van der Waals surface area (Å²) in [5.41, 5.74) is 6.06. The van der Waals surface area contributed by atoms with Crippen molar-refractivity contribution in [3.63, 3.8) is 0 Å². The molecule has 12 heteroatoms. The molecule has 5 rings (SSSR count). The lowest BCUT2D eigenvalue weighted by Gasteiger charge is -2.32. The zero-order valence-electron chi connectivity index (χ0n) is 21.6. The summed E-state index contributed by atoms with van der Waals surface area (Å²) in [6.45, 7) is 2.70. The molecule has 0 bridgehead atoms. The van der Waals surface area contributed by atoms with Crippen molar-refractivity contribution in [2.75, 3.05) is 13.1 Å². The molecule has 0 radical (unpaired) electrons. The highest BCUT2D eigenvalue weighted by atomic mass is 35.5. The first-order chi connectivity index (χ1) is 19.6. The van der Waals surface area contributed by atoms with Crippen molar-refractivity contribution >= 4 is 69.9 Å².